The zero-order chi connectivity index (χ0) is 10.0. The largest absolute Gasteiger partial charge is 0.478 e. The summed E-state index contributed by atoms with van der Waals surface area (Å²) in [5.41, 5.74) is -0.244. The Morgan fingerprint density at radius 1 is 1.38 bits per heavy atom. The fraction of sp³-hybridized carbons (Fsp3) is 0. The number of halogens is 2. The van der Waals surface area contributed by atoms with Crippen LogP contribution in [0.4, 0.5) is 0 Å². The average molecular weight is 219 g/mol. The van der Waals surface area contributed by atoms with Gasteiger partial charge in [-0.25, -0.2) is 4.79 Å². The molecule has 3 nitrogen and oxygen atoms in total. The van der Waals surface area contributed by atoms with E-state index in [2.05, 4.69) is 0 Å². The van der Waals surface area contributed by atoms with E-state index >= 15 is 0 Å². The summed E-state index contributed by atoms with van der Waals surface area (Å²) in [5, 5.41) is 8.90. The van der Waals surface area contributed by atoms with E-state index in [1.54, 1.807) is 0 Å². The topological polar surface area (TPSA) is 54.4 Å². The molecule has 0 unspecified atom stereocenters. The van der Waals surface area contributed by atoms with Crippen LogP contribution in [-0.2, 0) is 0 Å². The molecule has 0 saturated carbocycles. The highest BCUT2D eigenvalue weighted by Gasteiger charge is 2.13. The summed E-state index contributed by atoms with van der Waals surface area (Å²) in [6, 6.07) is 2.50. The highest BCUT2D eigenvalue weighted by molar-refractivity contribution is 6.37. The molecule has 0 aliphatic heterocycles. The normalized spacial score (nSPS) is 9.69. The van der Waals surface area contributed by atoms with E-state index in [9.17, 15) is 9.59 Å². The second-order valence-electron chi connectivity index (χ2n) is 2.27. The third kappa shape index (κ3) is 1.99. The van der Waals surface area contributed by atoms with E-state index in [-0.39, 0.29) is 21.2 Å². The molecule has 0 aliphatic carbocycles. The molecule has 0 heterocycles. The molecule has 0 aliphatic rings. The second-order valence-corrected chi connectivity index (χ2v) is 3.12. The number of aromatic carboxylic acids is 1. The quantitative estimate of drug-likeness (QED) is 0.777. The van der Waals surface area contributed by atoms with Crippen LogP contribution in [0, 0.1) is 0 Å². The lowest BCUT2D eigenvalue weighted by Gasteiger charge is -2.02. The van der Waals surface area contributed by atoms with Gasteiger partial charge in [0.15, 0.2) is 6.29 Å². The predicted octanol–water partition coefficient (Wildman–Crippen LogP) is 2.50. The first-order valence-electron chi connectivity index (χ1n) is 3.23. The minimum absolute atomic E-state index is 0.0416. The summed E-state index contributed by atoms with van der Waals surface area (Å²) >= 11 is 11.2. The molecule has 0 aromatic heterocycles. The van der Waals surface area contributed by atoms with Crippen molar-refractivity contribution in [1.82, 2.24) is 0 Å². The van der Waals surface area contributed by atoms with E-state index in [1.807, 2.05) is 0 Å². The van der Waals surface area contributed by atoms with Crippen molar-refractivity contribution in [2.45, 2.75) is 0 Å². The summed E-state index contributed by atoms with van der Waals surface area (Å²) in [4.78, 5) is 21.1. The first-order valence-corrected chi connectivity index (χ1v) is 3.99. The Morgan fingerprint density at radius 3 is 2.46 bits per heavy atom. The standard InChI is InChI=1S/C8H4Cl2O3/c9-4-1-5(8(12)13)6(3-11)7(10)2-4/h1-3H,(H,12,13). The van der Waals surface area contributed by atoms with Crippen LogP contribution < -0.4 is 0 Å². The van der Waals surface area contributed by atoms with Crippen LogP contribution in [0.15, 0.2) is 12.1 Å². The predicted molar refractivity (Wildman–Crippen MR) is 48.8 cm³/mol. The third-order valence-corrected chi connectivity index (χ3v) is 1.97. The molecule has 1 aromatic rings. The number of benzene rings is 1. The molecule has 5 heteroatoms. The first kappa shape index (κ1) is 10.0. The maximum absolute atomic E-state index is 10.6. The van der Waals surface area contributed by atoms with E-state index in [4.69, 9.17) is 28.3 Å². The van der Waals surface area contributed by atoms with Gasteiger partial charge in [0.2, 0.25) is 0 Å². The van der Waals surface area contributed by atoms with E-state index < -0.39 is 5.97 Å². The van der Waals surface area contributed by atoms with Crippen molar-refractivity contribution in [1.29, 1.82) is 0 Å². The molecule has 1 N–H and O–H groups in total. The molecule has 0 bridgehead atoms. The minimum atomic E-state index is -1.23. The number of carbonyl (C=O) groups excluding carboxylic acids is 1. The molecule has 1 rings (SSSR count). The fourth-order valence-corrected chi connectivity index (χ4v) is 1.42. The van der Waals surface area contributed by atoms with Crippen molar-refractivity contribution in [3.63, 3.8) is 0 Å². The molecular weight excluding hydrogens is 215 g/mol. The Bertz CT molecular complexity index is 374. The molecule has 0 atom stereocenters. The number of rotatable bonds is 2. The van der Waals surface area contributed by atoms with Crippen LogP contribution in [0.3, 0.4) is 0 Å². The molecule has 13 heavy (non-hydrogen) atoms. The molecule has 0 fully saturated rings. The maximum atomic E-state index is 10.6. The fourth-order valence-electron chi connectivity index (χ4n) is 0.881. The van der Waals surface area contributed by atoms with Crippen molar-refractivity contribution in [3.8, 4) is 0 Å². The molecule has 0 spiro atoms. The number of hydrogen-bond donors (Lipinski definition) is 1. The van der Waals surface area contributed by atoms with Crippen LogP contribution in [0.1, 0.15) is 20.7 Å². The van der Waals surface area contributed by atoms with Crippen molar-refractivity contribution in [2.75, 3.05) is 0 Å². The zero-order valence-electron chi connectivity index (χ0n) is 6.25. The van der Waals surface area contributed by atoms with Gasteiger partial charge in [-0.1, -0.05) is 23.2 Å². The summed E-state index contributed by atoms with van der Waals surface area (Å²) in [7, 11) is 0. The molecule has 68 valence electrons. The monoisotopic (exact) mass is 218 g/mol. The number of aldehydes is 1. The lowest BCUT2D eigenvalue weighted by atomic mass is 10.1. The van der Waals surface area contributed by atoms with Gasteiger partial charge in [0, 0.05) is 10.6 Å². The Labute approximate surface area is 83.9 Å². The van der Waals surface area contributed by atoms with Gasteiger partial charge in [0.1, 0.15) is 0 Å². The smallest absolute Gasteiger partial charge is 0.336 e. The van der Waals surface area contributed by atoms with Gasteiger partial charge in [-0.2, -0.15) is 0 Å². The molecular formula is C8H4Cl2O3. The van der Waals surface area contributed by atoms with E-state index in [1.165, 1.54) is 12.1 Å². The van der Waals surface area contributed by atoms with Gasteiger partial charge < -0.3 is 5.11 Å². The zero-order valence-corrected chi connectivity index (χ0v) is 7.76. The Morgan fingerprint density at radius 2 is 2.00 bits per heavy atom. The van der Waals surface area contributed by atoms with Crippen molar-refractivity contribution in [2.24, 2.45) is 0 Å². The summed E-state index contributed by atoms with van der Waals surface area (Å²) in [5.74, 6) is -1.23. The lowest BCUT2D eigenvalue weighted by molar-refractivity contribution is 0.0694. The van der Waals surface area contributed by atoms with Gasteiger partial charge >= 0.3 is 5.97 Å². The Kier molecular flexibility index (Phi) is 2.90. The first-order chi connectivity index (χ1) is 6.06. The van der Waals surface area contributed by atoms with Crippen LogP contribution in [-0.4, -0.2) is 17.4 Å². The second kappa shape index (κ2) is 3.77. The molecule has 0 saturated heterocycles. The van der Waals surface area contributed by atoms with E-state index in [0.717, 1.165) is 0 Å². The summed E-state index contributed by atoms with van der Waals surface area (Å²) < 4.78 is 0. The van der Waals surface area contributed by atoms with Gasteiger partial charge in [0.25, 0.3) is 0 Å². The molecule has 1 aromatic carbocycles. The third-order valence-electron chi connectivity index (χ3n) is 1.44. The number of carbonyl (C=O) groups is 2. The van der Waals surface area contributed by atoms with Crippen molar-refractivity contribution in [3.05, 3.63) is 33.3 Å². The van der Waals surface area contributed by atoms with Gasteiger partial charge in [-0.15, -0.1) is 0 Å². The van der Waals surface area contributed by atoms with Gasteiger partial charge in [-0.05, 0) is 12.1 Å². The number of hydrogen-bond acceptors (Lipinski definition) is 2. The number of carboxylic acid groups (broad SMARTS) is 1. The van der Waals surface area contributed by atoms with Gasteiger partial charge in [0.05, 0.1) is 10.6 Å². The Hall–Kier alpha value is -1.06. The van der Waals surface area contributed by atoms with E-state index in [0.29, 0.717) is 6.29 Å². The van der Waals surface area contributed by atoms with Crippen LogP contribution in [0.5, 0.6) is 0 Å². The molecule has 0 radical (unpaired) electrons. The van der Waals surface area contributed by atoms with Gasteiger partial charge in [-0.3, -0.25) is 4.79 Å². The number of carboxylic acids is 1. The minimum Gasteiger partial charge on any atom is -0.478 e. The van der Waals surface area contributed by atoms with Crippen molar-refractivity contribution >= 4 is 35.5 Å². The summed E-state index contributed by atoms with van der Waals surface area (Å²) in [6.45, 7) is 0. The molecule has 0 amide bonds. The summed E-state index contributed by atoms with van der Waals surface area (Å²) in [6.07, 6.45) is 0.391. The Balaban J connectivity index is 3.46. The van der Waals surface area contributed by atoms with Crippen LogP contribution in [0.2, 0.25) is 10.0 Å². The SMILES string of the molecule is O=Cc1c(Cl)cc(Cl)cc1C(=O)O. The van der Waals surface area contributed by atoms with Crippen molar-refractivity contribution < 1.29 is 14.7 Å². The highest BCUT2D eigenvalue weighted by atomic mass is 35.5. The maximum Gasteiger partial charge on any atom is 0.336 e. The van der Waals surface area contributed by atoms with Crippen LogP contribution >= 0.6 is 23.2 Å². The highest BCUT2D eigenvalue weighted by Crippen LogP contribution is 2.23. The van der Waals surface area contributed by atoms with Crippen LogP contribution in [0.25, 0.3) is 0 Å². The lowest BCUT2D eigenvalue weighted by Crippen LogP contribution is -2.02. The average Bonchev–Trinajstić information content (AvgIpc) is 2.02.